The molecule has 1 aromatic rings. The van der Waals surface area contributed by atoms with Crippen molar-refractivity contribution in [3.05, 3.63) is 34.3 Å². The Morgan fingerprint density at radius 2 is 1.84 bits per heavy atom. The molecule has 1 unspecified atom stereocenters. The molecule has 1 heterocycles. The maximum atomic E-state index is 12.5. The maximum absolute atomic E-state index is 12.5. The first-order valence-electron chi connectivity index (χ1n) is 8.67. The van der Waals surface area contributed by atoms with E-state index in [1.54, 1.807) is 4.90 Å². The fourth-order valence-electron chi connectivity index (χ4n) is 2.87. The summed E-state index contributed by atoms with van der Waals surface area (Å²) in [6.07, 6.45) is 0.907. The van der Waals surface area contributed by atoms with E-state index in [4.69, 9.17) is 4.74 Å². The van der Waals surface area contributed by atoms with Crippen LogP contribution in [0, 0.1) is 0 Å². The molecular weight excluding hydrogens is 384 g/mol. The number of aryl methyl sites for hydroxylation is 1. The first-order valence-corrected chi connectivity index (χ1v) is 9.47. The minimum absolute atomic E-state index is 0.00122. The van der Waals surface area contributed by atoms with Crippen molar-refractivity contribution in [2.75, 3.05) is 19.6 Å². The van der Waals surface area contributed by atoms with Crippen LogP contribution in [0.3, 0.4) is 0 Å². The summed E-state index contributed by atoms with van der Waals surface area (Å²) in [6, 6.07) is 8.03. The van der Waals surface area contributed by atoms with Gasteiger partial charge in [-0.05, 0) is 51.8 Å². The van der Waals surface area contributed by atoms with Gasteiger partial charge in [0.15, 0.2) is 0 Å². The van der Waals surface area contributed by atoms with Gasteiger partial charge < -0.3 is 14.5 Å². The molecule has 5 nitrogen and oxygen atoms in total. The molecule has 0 bridgehead atoms. The largest absolute Gasteiger partial charge is 0.444 e. The van der Waals surface area contributed by atoms with Crippen LogP contribution in [-0.4, -0.2) is 53.1 Å². The number of ether oxygens (including phenoxy) is 1. The minimum Gasteiger partial charge on any atom is -0.444 e. The molecule has 6 heteroatoms. The summed E-state index contributed by atoms with van der Waals surface area (Å²) in [4.78, 5) is 28.3. The number of benzene rings is 1. The van der Waals surface area contributed by atoms with Gasteiger partial charge in [-0.2, -0.15) is 0 Å². The minimum atomic E-state index is -0.502. The van der Waals surface area contributed by atoms with Crippen molar-refractivity contribution in [1.82, 2.24) is 9.80 Å². The number of nitrogens with zero attached hydrogens (tertiary/aromatic N) is 2. The second kappa shape index (κ2) is 8.21. The molecule has 0 radical (unpaired) electrons. The summed E-state index contributed by atoms with van der Waals surface area (Å²) in [7, 11) is 0. The smallest absolute Gasteiger partial charge is 0.410 e. The highest BCUT2D eigenvalue weighted by Gasteiger charge is 2.31. The third-order valence-electron chi connectivity index (χ3n) is 4.14. The van der Waals surface area contributed by atoms with Gasteiger partial charge in [-0.15, -0.1) is 0 Å². The molecule has 0 N–H and O–H groups in total. The van der Waals surface area contributed by atoms with Gasteiger partial charge in [-0.25, -0.2) is 4.79 Å². The van der Waals surface area contributed by atoms with Crippen molar-refractivity contribution in [3.8, 4) is 0 Å². The van der Waals surface area contributed by atoms with Crippen molar-refractivity contribution < 1.29 is 14.3 Å². The Kier molecular flexibility index (Phi) is 6.49. The highest BCUT2D eigenvalue weighted by Crippen LogP contribution is 2.17. The van der Waals surface area contributed by atoms with Gasteiger partial charge in [0.2, 0.25) is 5.91 Å². The van der Waals surface area contributed by atoms with E-state index in [9.17, 15) is 9.59 Å². The lowest BCUT2D eigenvalue weighted by atomic mass is 10.1. The van der Waals surface area contributed by atoms with Crippen molar-refractivity contribution in [2.24, 2.45) is 0 Å². The van der Waals surface area contributed by atoms with E-state index < -0.39 is 5.60 Å². The van der Waals surface area contributed by atoms with Gasteiger partial charge in [0, 0.05) is 36.6 Å². The van der Waals surface area contributed by atoms with Crippen molar-refractivity contribution in [1.29, 1.82) is 0 Å². The van der Waals surface area contributed by atoms with Crippen LogP contribution in [-0.2, 0) is 16.0 Å². The average molecular weight is 411 g/mol. The van der Waals surface area contributed by atoms with E-state index in [1.165, 1.54) is 0 Å². The fraction of sp³-hybridized carbons (Fsp3) is 0.579. The summed E-state index contributed by atoms with van der Waals surface area (Å²) < 4.78 is 6.45. The molecular formula is C19H27BrN2O3. The van der Waals surface area contributed by atoms with E-state index in [0.717, 1.165) is 16.5 Å². The van der Waals surface area contributed by atoms with E-state index in [-0.39, 0.29) is 18.0 Å². The van der Waals surface area contributed by atoms with Crippen molar-refractivity contribution in [3.63, 3.8) is 0 Å². The van der Waals surface area contributed by atoms with E-state index in [0.29, 0.717) is 26.1 Å². The standard InChI is InChI=1S/C19H27BrN2O3/c1-14-13-21(18(24)25-19(2,3)4)11-12-22(14)17(23)10-7-15-5-8-16(20)9-6-15/h5-6,8-9,14H,7,10-13H2,1-4H3. The fourth-order valence-corrected chi connectivity index (χ4v) is 3.13. The van der Waals surface area contributed by atoms with Crippen molar-refractivity contribution in [2.45, 2.75) is 52.2 Å². The number of carbonyl (C=O) groups excluding carboxylic acids is 2. The molecule has 138 valence electrons. The Morgan fingerprint density at radius 3 is 2.40 bits per heavy atom. The summed E-state index contributed by atoms with van der Waals surface area (Å²) in [5, 5.41) is 0. The topological polar surface area (TPSA) is 49.9 Å². The number of amides is 2. The van der Waals surface area contributed by atoms with Crippen LogP contribution in [0.4, 0.5) is 4.79 Å². The molecule has 0 saturated carbocycles. The lowest BCUT2D eigenvalue weighted by Crippen LogP contribution is -2.56. The average Bonchev–Trinajstić information content (AvgIpc) is 2.52. The zero-order valence-corrected chi connectivity index (χ0v) is 17.0. The second-order valence-electron chi connectivity index (χ2n) is 7.49. The van der Waals surface area contributed by atoms with Gasteiger partial charge in [0.25, 0.3) is 0 Å². The van der Waals surface area contributed by atoms with E-state index >= 15 is 0 Å². The van der Waals surface area contributed by atoms with Gasteiger partial charge in [-0.1, -0.05) is 28.1 Å². The molecule has 1 aromatic carbocycles. The van der Waals surface area contributed by atoms with E-state index in [1.807, 2.05) is 56.9 Å². The Bertz CT molecular complexity index is 610. The Balaban J connectivity index is 1.84. The quantitative estimate of drug-likeness (QED) is 0.759. The first kappa shape index (κ1) is 19.8. The molecule has 1 saturated heterocycles. The molecule has 1 aliphatic rings. The molecule has 1 fully saturated rings. The Labute approximate surface area is 158 Å². The third-order valence-corrected chi connectivity index (χ3v) is 4.67. The zero-order valence-electron chi connectivity index (χ0n) is 15.4. The first-order chi connectivity index (χ1) is 11.7. The molecule has 0 spiro atoms. The Morgan fingerprint density at radius 1 is 1.20 bits per heavy atom. The number of rotatable bonds is 3. The molecule has 1 aliphatic heterocycles. The van der Waals surface area contributed by atoms with Crippen LogP contribution in [0.2, 0.25) is 0 Å². The number of hydrogen-bond donors (Lipinski definition) is 0. The SMILES string of the molecule is CC1CN(C(=O)OC(C)(C)C)CCN1C(=O)CCc1ccc(Br)cc1. The monoisotopic (exact) mass is 410 g/mol. The lowest BCUT2D eigenvalue weighted by molar-refractivity contribution is -0.135. The van der Waals surface area contributed by atoms with E-state index in [2.05, 4.69) is 15.9 Å². The van der Waals surface area contributed by atoms with Crippen LogP contribution in [0.15, 0.2) is 28.7 Å². The summed E-state index contributed by atoms with van der Waals surface area (Å²) >= 11 is 3.41. The molecule has 0 aromatic heterocycles. The highest BCUT2D eigenvalue weighted by molar-refractivity contribution is 9.10. The van der Waals surface area contributed by atoms with Gasteiger partial charge in [0.1, 0.15) is 5.60 Å². The normalized spacial score (nSPS) is 18.2. The number of halogens is 1. The van der Waals surface area contributed by atoms with Crippen LogP contribution in [0.25, 0.3) is 0 Å². The molecule has 2 amide bonds. The second-order valence-corrected chi connectivity index (χ2v) is 8.40. The van der Waals surface area contributed by atoms with Gasteiger partial charge in [0.05, 0.1) is 0 Å². The number of hydrogen-bond acceptors (Lipinski definition) is 3. The predicted molar refractivity (Wildman–Crippen MR) is 101 cm³/mol. The summed E-state index contributed by atoms with van der Waals surface area (Å²) in [5.41, 5.74) is 0.648. The molecule has 25 heavy (non-hydrogen) atoms. The maximum Gasteiger partial charge on any atom is 0.410 e. The number of carbonyl (C=O) groups is 2. The lowest BCUT2D eigenvalue weighted by Gasteiger charge is -2.40. The predicted octanol–water partition coefficient (Wildman–Crippen LogP) is 3.85. The number of piperazine rings is 1. The van der Waals surface area contributed by atoms with Gasteiger partial charge in [-0.3, -0.25) is 4.79 Å². The summed E-state index contributed by atoms with van der Waals surface area (Å²) in [5.74, 6) is 0.138. The van der Waals surface area contributed by atoms with Crippen LogP contribution < -0.4 is 0 Å². The summed E-state index contributed by atoms with van der Waals surface area (Å²) in [6.45, 7) is 9.14. The highest BCUT2D eigenvalue weighted by atomic mass is 79.9. The molecule has 1 atom stereocenters. The van der Waals surface area contributed by atoms with Crippen molar-refractivity contribution >= 4 is 27.9 Å². The van der Waals surface area contributed by atoms with Crippen LogP contribution in [0.5, 0.6) is 0 Å². The van der Waals surface area contributed by atoms with Gasteiger partial charge >= 0.3 is 6.09 Å². The molecule has 2 rings (SSSR count). The molecule has 0 aliphatic carbocycles. The zero-order chi connectivity index (χ0) is 18.6. The van der Waals surface area contributed by atoms with Crippen LogP contribution >= 0.6 is 15.9 Å². The third kappa shape index (κ3) is 6.03. The van der Waals surface area contributed by atoms with Crippen LogP contribution in [0.1, 0.15) is 39.7 Å². The Hall–Kier alpha value is -1.56.